The third kappa shape index (κ3) is 34.3. The SMILES string of the molecule is CC(C)(C)c1ccc(NC(=O)NCCCCC=O)cc1.CC(C)(C)c1ccc(NC(=O)NCCCCCO)cc1.CCC(C)CN(C)C[C@H]1O[C@@H](n2cnc3c(N)ncnc32)[C@@H]2OC(C)(C)O[C@@H]21.CN(CCCCCNC(=O)Nc1ccc(C(C)(C)C)cc1)C[C@H]1O[C@@H](n2cnc3c(N)ncnc32)[C@@H]2OC(C)(C)O[C@@H]21.CN(CCCCCNC(=O)Nc1ccc(C(C)(C)C)cc1)C[C@H]1O[C@@H](n2cnc3c(N)ncnc32)[C@H](O)[C@@H]1O. The van der Waals surface area contributed by atoms with Crippen molar-refractivity contribution in [2.45, 2.75) is 315 Å². The molecule has 5 aliphatic rings. The fourth-order valence-electron chi connectivity index (χ4n) is 18.0. The number of nitrogen functional groups attached to an aromatic ring is 3. The van der Waals surface area contributed by atoms with Crippen LogP contribution in [0.4, 0.5) is 59.4 Å². The second-order valence-corrected chi connectivity index (χ2v) is 44.2. The number of carbonyl (C=O) groups is 5. The van der Waals surface area contributed by atoms with Gasteiger partial charge in [-0.2, -0.15) is 0 Å². The Labute approximate surface area is 876 Å². The zero-order valence-electron chi connectivity index (χ0n) is 90.9. The highest BCUT2D eigenvalue weighted by molar-refractivity contribution is 5.91. The van der Waals surface area contributed by atoms with Crippen LogP contribution in [0.2, 0.25) is 0 Å². The van der Waals surface area contributed by atoms with E-state index in [1.54, 1.807) is 17.2 Å². The minimum absolute atomic E-state index is 0.0730. The van der Waals surface area contributed by atoms with Crippen molar-refractivity contribution in [3.8, 4) is 0 Å². The number of rotatable bonds is 38. The first kappa shape index (κ1) is 117. The Morgan fingerprint density at radius 1 is 0.403 bits per heavy atom. The van der Waals surface area contributed by atoms with Gasteiger partial charge in [-0.1, -0.05) is 165 Å². The molecule has 0 spiro atoms. The standard InChI is InChI=1S/C30H44N8O4.C27H40N8O4.C19H30N6O3.C16H26N2O2.C16H24N2O2/c1-29(2,3)19-10-12-20(13-11-19)36-28(39)32-14-8-7-9-15-37(6)16-21-23-24(42-30(4,5)41-23)27(40-21)38-18-35-22-25(31)33-17-34-26(22)38;1-27(2,3)17-8-10-18(11-9-17)33-26(38)29-12-6-5-7-13-34(4)14-19-21(36)22(37)25(39-19)35-16-32-20-23(28)30-15-31-24(20)35;1-6-11(2)7-24(5)8-12-14-15(28-19(3,4)27-14)18(26-12)25-10-23-13-16(20)21-9-22-17(13)25;2*1-16(2,3)13-7-9-14(10-8-13)18-15(20)17-11-5-4-6-12-19/h10-13,17-18,21,23-24,27H,7-9,14-16H2,1-6H3,(H2,31,33,34)(H2,32,36,39);8-11,15-16,19,21-22,25,36-37H,5-7,12-14H2,1-4H3,(H2,28,30,31)(H2,29,33,38);9-12,14-15,18H,6-8H2,1-5H3,(H2,20,21,22);7-10,19H,4-6,11-12H2,1-3H3,(H2,17,18,20);7-10,12H,4-6,11H2,1-3H3,(H2,17,18,20)/t21-,23-,24-,27-;19-,21-,22-,25-;11?,12-,14-,15-,18-;;/m111../s1. The number of urea groups is 4. The van der Waals surface area contributed by atoms with E-state index in [1.165, 1.54) is 47.6 Å². The van der Waals surface area contributed by atoms with Crippen molar-refractivity contribution in [2.24, 2.45) is 5.92 Å². The van der Waals surface area contributed by atoms with E-state index < -0.39 is 42.3 Å². The maximum atomic E-state index is 12.3. The van der Waals surface area contributed by atoms with Crippen LogP contribution in [-0.2, 0) is 59.6 Å². The van der Waals surface area contributed by atoms with Crippen molar-refractivity contribution in [1.29, 1.82) is 0 Å². The predicted octanol–water partition coefficient (Wildman–Crippen LogP) is 14.8. The van der Waals surface area contributed by atoms with Crippen LogP contribution < -0.4 is 59.7 Å². The van der Waals surface area contributed by atoms with Crippen LogP contribution >= 0.6 is 0 Å². The number of amides is 8. The number of aromatic nitrogens is 12. The van der Waals surface area contributed by atoms with Gasteiger partial charge in [0.2, 0.25) is 0 Å². The van der Waals surface area contributed by atoms with Gasteiger partial charge in [0.05, 0.1) is 19.0 Å². The molecule has 41 nitrogen and oxygen atoms in total. The van der Waals surface area contributed by atoms with Crippen LogP contribution in [0.3, 0.4) is 0 Å². The number of nitrogens with two attached hydrogens (primary N) is 3. The largest absolute Gasteiger partial charge is 0.396 e. The minimum atomic E-state index is -1.13. The minimum Gasteiger partial charge on any atom is -0.396 e. The normalized spacial score (nSPS) is 20.9. The summed E-state index contributed by atoms with van der Waals surface area (Å²) in [5.41, 5.74) is 29.5. The Morgan fingerprint density at radius 3 is 1.01 bits per heavy atom. The van der Waals surface area contributed by atoms with Crippen molar-refractivity contribution in [2.75, 3.05) is 132 Å². The molecule has 15 rings (SSSR count). The molecule has 5 aliphatic heterocycles. The molecule has 10 aromatic rings. The van der Waals surface area contributed by atoms with Gasteiger partial charge in [-0.05, 0) is 218 Å². The summed E-state index contributed by atoms with van der Waals surface area (Å²) in [5, 5.41) is 52.7. The van der Waals surface area contributed by atoms with Gasteiger partial charge in [0, 0.05) is 88.1 Å². The summed E-state index contributed by atoms with van der Waals surface area (Å²) < 4.78 is 49.3. The van der Waals surface area contributed by atoms with Gasteiger partial charge in [-0.3, -0.25) is 13.7 Å². The number of hydrogen-bond donors (Lipinski definition) is 14. The molecular weight excluding hydrogens is 1900 g/mol. The molecular formula is C108H164N26O15. The lowest BCUT2D eigenvalue weighted by Gasteiger charge is -2.28. The molecule has 41 heteroatoms. The highest BCUT2D eigenvalue weighted by Crippen LogP contribution is 2.47. The van der Waals surface area contributed by atoms with Gasteiger partial charge < -0.3 is 128 Å². The number of ether oxygens (including phenoxy) is 7. The number of anilines is 7. The summed E-state index contributed by atoms with van der Waals surface area (Å²) in [6.45, 7) is 45.4. The van der Waals surface area contributed by atoms with Crippen molar-refractivity contribution in [3.05, 3.63) is 157 Å². The predicted molar refractivity (Wildman–Crippen MR) is 580 cm³/mol. The van der Waals surface area contributed by atoms with E-state index in [0.717, 1.165) is 132 Å². The number of benzene rings is 4. The van der Waals surface area contributed by atoms with E-state index in [4.69, 9.17) is 55.5 Å². The smallest absolute Gasteiger partial charge is 0.319 e. The quantitative estimate of drug-likeness (QED) is 0.0126. The van der Waals surface area contributed by atoms with Crippen LogP contribution in [-0.4, -0.2) is 279 Å². The van der Waals surface area contributed by atoms with Crippen molar-refractivity contribution >= 4 is 104 Å². The molecule has 8 amide bonds. The zero-order valence-corrected chi connectivity index (χ0v) is 90.9. The lowest BCUT2D eigenvalue weighted by Crippen LogP contribution is -2.39. The Morgan fingerprint density at radius 2 is 0.698 bits per heavy atom. The number of nitrogens with zero attached hydrogens (tertiary/aromatic N) is 15. The van der Waals surface area contributed by atoms with Crippen molar-refractivity contribution in [1.82, 2.24) is 94.5 Å². The van der Waals surface area contributed by atoms with Gasteiger partial charge in [0.25, 0.3) is 0 Å². The Bertz CT molecular complexity index is 5870. The third-order valence-corrected chi connectivity index (χ3v) is 26.6. The maximum absolute atomic E-state index is 12.3. The van der Waals surface area contributed by atoms with Crippen molar-refractivity contribution in [3.63, 3.8) is 0 Å². The fraction of sp³-hybridized carbons (Fsp3) is 0.593. The van der Waals surface area contributed by atoms with Crippen LogP contribution in [0.5, 0.6) is 0 Å². The number of nitrogens with one attached hydrogen (secondary N) is 8. The highest BCUT2D eigenvalue weighted by Gasteiger charge is 2.58. The van der Waals surface area contributed by atoms with E-state index in [0.29, 0.717) is 96.7 Å². The molecule has 17 N–H and O–H groups in total. The van der Waals surface area contributed by atoms with E-state index in [9.17, 15) is 34.2 Å². The first-order chi connectivity index (χ1) is 70.6. The first-order valence-electron chi connectivity index (χ1n) is 52.2. The molecule has 6 aromatic heterocycles. The second kappa shape index (κ2) is 53.7. The average molecular weight is 2070 g/mol. The molecule has 13 atom stereocenters. The van der Waals surface area contributed by atoms with Crippen LogP contribution in [0.25, 0.3) is 33.5 Å². The van der Waals surface area contributed by atoms with Gasteiger partial charge >= 0.3 is 24.1 Å². The van der Waals surface area contributed by atoms with Crippen molar-refractivity contribution < 1.29 is 72.5 Å². The monoisotopic (exact) mass is 2070 g/mol. The molecule has 0 aliphatic carbocycles. The van der Waals surface area contributed by atoms with E-state index in [2.05, 4.69) is 225 Å². The summed E-state index contributed by atoms with van der Waals surface area (Å²) in [7, 11) is 6.16. The number of aliphatic hydroxyl groups excluding tert-OH is 3. The zero-order chi connectivity index (χ0) is 108. The number of likely N-dealkylation sites (N-methyl/N-ethyl adjacent to an activating group) is 3. The number of fused-ring (bicyclic) bond motifs is 5. The third-order valence-electron chi connectivity index (χ3n) is 26.6. The van der Waals surface area contributed by atoms with Gasteiger partial charge in [-0.15, -0.1) is 0 Å². The number of imidazole rings is 3. The molecule has 816 valence electrons. The molecule has 11 heterocycles. The summed E-state index contributed by atoms with van der Waals surface area (Å²) >= 11 is 0. The van der Waals surface area contributed by atoms with Gasteiger partial charge in [0.15, 0.2) is 64.7 Å². The lowest BCUT2D eigenvalue weighted by molar-refractivity contribution is -0.197. The van der Waals surface area contributed by atoms with Crippen LogP contribution in [0.15, 0.2) is 135 Å². The summed E-state index contributed by atoms with van der Waals surface area (Å²) in [4.78, 5) is 102. The van der Waals surface area contributed by atoms with Crippen LogP contribution in [0.1, 0.15) is 249 Å². The fourth-order valence-corrected chi connectivity index (χ4v) is 18.0. The highest BCUT2D eigenvalue weighted by atomic mass is 16.8. The Kier molecular flexibility index (Phi) is 42.3. The molecule has 149 heavy (non-hydrogen) atoms. The second-order valence-electron chi connectivity index (χ2n) is 44.2. The van der Waals surface area contributed by atoms with E-state index >= 15 is 0 Å². The molecule has 5 fully saturated rings. The van der Waals surface area contributed by atoms with E-state index in [-0.39, 0.29) is 101 Å². The topological polar surface area (TPSA) is 525 Å². The molecule has 1 unspecified atom stereocenters. The molecule has 0 radical (unpaired) electrons. The molecule has 0 bridgehead atoms. The average Bonchev–Trinajstić information content (AvgIpc) is 1.59. The molecule has 4 aromatic carbocycles. The number of hydrogen-bond acceptors (Lipinski definition) is 30. The first-order valence-corrected chi connectivity index (χ1v) is 52.2. The van der Waals surface area contributed by atoms with Crippen LogP contribution in [0, 0.1) is 5.92 Å². The summed E-state index contributed by atoms with van der Waals surface area (Å²) in [5.74, 6) is 0.183. The summed E-state index contributed by atoms with van der Waals surface area (Å²) in [6, 6.07) is 30.9. The van der Waals surface area contributed by atoms with Gasteiger partial charge in [0.1, 0.15) is 96.8 Å². The van der Waals surface area contributed by atoms with Gasteiger partial charge in [-0.25, -0.2) is 64.0 Å². The lowest BCUT2D eigenvalue weighted by atomic mass is 9.87. The number of aldehydes is 1. The molecule has 0 saturated carbocycles. The summed E-state index contributed by atoms with van der Waals surface area (Å²) in [6.07, 6.45) is 15.9. The number of carbonyl (C=O) groups excluding carboxylic acids is 5. The number of aliphatic hydroxyl groups is 3. The Hall–Kier alpha value is -11.8. The Balaban J connectivity index is 0.000000183. The number of unbranched alkanes of at least 4 members (excludes halogenated alkanes) is 8. The molecule has 5 saturated heterocycles. The maximum Gasteiger partial charge on any atom is 0.319 e. The van der Waals surface area contributed by atoms with E-state index in [1.807, 2.05) is 129 Å².